The highest BCUT2D eigenvalue weighted by molar-refractivity contribution is 5.53. The van der Waals surface area contributed by atoms with Gasteiger partial charge in [-0.25, -0.2) is 0 Å². The lowest BCUT2D eigenvalue weighted by Gasteiger charge is -2.07. The molecule has 2 heteroatoms. The third-order valence-electron chi connectivity index (χ3n) is 3.22. The lowest BCUT2D eigenvalue weighted by molar-refractivity contribution is 0.466. The molecule has 0 aliphatic rings. The molecule has 0 spiro atoms. The molecule has 1 aromatic rings. The van der Waals surface area contributed by atoms with Crippen LogP contribution in [-0.2, 0) is 6.42 Å². The first-order chi connectivity index (χ1) is 8.25. The van der Waals surface area contributed by atoms with Crippen LogP contribution in [0.25, 0.3) is 0 Å². The minimum absolute atomic E-state index is 0.344. The summed E-state index contributed by atoms with van der Waals surface area (Å²) in [4.78, 5) is 0. The van der Waals surface area contributed by atoms with Crippen molar-refractivity contribution in [3.05, 3.63) is 23.8 Å². The highest BCUT2D eigenvalue weighted by Gasteiger charge is 2.04. The van der Waals surface area contributed by atoms with Crippen LogP contribution >= 0.6 is 0 Å². The molecule has 0 atom stereocenters. The summed E-state index contributed by atoms with van der Waals surface area (Å²) in [5.74, 6) is 0.344. The lowest BCUT2D eigenvalue weighted by atomic mass is 10.0. The van der Waals surface area contributed by atoms with Crippen LogP contribution in [0.4, 0.5) is 5.69 Å². The molecule has 0 aliphatic heterocycles. The summed E-state index contributed by atoms with van der Waals surface area (Å²) in [6.07, 6.45) is 9.89. The van der Waals surface area contributed by atoms with Crippen molar-refractivity contribution in [1.82, 2.24) is 0 Å². The fraction of sp³-hybridized carbons (Fsp3) is 0.600. The van der Waals surface area contributed by atoms with E-state index in [1.807, 2.05) is 6.07 Å². The second kappa shape index (κ2) is 7.99. The molecule has 0 radical (unpaired) electrons. The SMILES string of the molecule is CCCCCCCCCc1c(N)cccc1O. The summed E-state index contributed by atoms with van der Waals surface area (Å²) in [6, 6.07) is 5.36. The molecule has 96 valence electrons. The molecule has 0 saturated carbocycles. The first-order valence-corrected chi connectivity index (χ1v) is 6.82. The van der Waals surface area contributed by atoms with E-state index in [2.05, 4.69) is 6.92 Å². The van der Waals surface area contributed by atoms with Crippen LogP contribution in [0.3, 0.4) is 0 Å². The Bertz CT molecular complexity index is 302. The van der Waals surface area contributed by atoms with E-state index in [0.29, 0.717) is 5.75 Å². The molecule has 3 N–H and O–H groups in total. The van der Waals surface area contributed by atoms with Gasteiger partial charge in [0.2, 0.25) is 0 Å². The third kappa shape index (κ3) is 5.12. The van der Waals surface area contributed by atoms with E-state index in [0.717, 1.165) is 24.1 Å². The van der Waals surface area contributed by atoms with Gasteiger partial charge in [-0.1, -0.05) is 51.5 Å². The predicted octanol–water partition coefficient (Wildman–Crippen LogP) is 4.27. The van der Waals surface area contributed by atoms with Gasteiger partial charge in [0, 0.05) is 11.3 Å². The second-order valence-electron chi connectivity index (χ2n) is 4.72. The smallest absolute Gasteiger partial charge is 0.120 e. The molecular weight excluding hydrogens is 210 g/mol. The topological polar surface area (TPSA) is 46.2 Å². The fourth-order valence-corrected chi connectivity index (χ4v) is 2.12. The van der Waals surface area contributed by atoms with Crippen molar-refractivity contribution in [2.24, 2.45) is 0 Å². The Labute approximate surface area is 105 Å². The molecule has 0 saturated heterocycles. The van der Waals surface area contributed by atoms with E-state index in [4.69, 9.17) is 5.73 Å². The summed E-state index contributed by atoms with van der Waals surface area (Å²) < 4.78 is 0. The molecule has 0 heterocycles. The number of nitrogen functional groups attached to an aromatic ring is 1. The van der Waals surface area contributed by atoms with Crippen LogP contribution in [0.2, 0.25) is 0 Å². The van der Waals surface area contributed by atoms with Crippen molar-refractivity contribution < 1.29 is 5.11 Å². The van der Waals surface area contributed by atoms with Crippen molar-refractivity contribution in [2.45, 2.75) is 58.3 Å². The summed E-state index contributed by atoms with van der Waals surface area (Å²) in [5.41, 5.74) is 7.48. The molecule has 0 aromatic heterocycles. The van der Waals surface area contributed by atoms with E-state index in [-0.39, 0.29) is 0 Å². The molecule has 0 unspecified atom stereocenters. The maximum absolute atomic E-state index is 9.68. The molecule has 2 nitrogen and oxygen atoms in total. The molecular formula is C15H25NO. The fourth-order valence-electron chi connectivity index (χ4n) is 2.12. The quantitative estimate of drug-likeness (QED) is 0.522. The standard InChI is InChI=1S/C15H25NO/c1-2-3-4-5-6-7-8-10-13-14(16)11-9-12-15(13)17/h9,11-12,17H,2-8,10,16H2,1H3. The maximum Gasteiger partial charge on any atom is 0.120 e. The number of hydrogen-bond donors (Lipinski definition) is 2. The van der Waals surface area contributed by atoms with Gasteiger partial charge in [0.15, 0.2) is 0 Å². The van der Waals surface area contributed by atoms with Gasteiger partial charge in [0.25, 0.3) is 0 Å². The number of hydrogen-bond acceptors (Lipinski definition) is 2. The first kappa shape index (κ1) is 13.9. The highest BCUT2D eigenvalue weighted by Crippen LogP contribution is 2.25. The Morgan fingerprint density at radius 1 is 1.00 bits per heavy atom. The minimum atomic E-state index is 0.344. The number of aromatic hydroxyl groups is 1. The van der Waals surface area contributed by atoms with Crippen LogP contribution < -0.4 is 5.73 Å². The monoisotopic (exact) mass is 235 g/mol. The number of unbranched alkanes of at least 4 members (excludes halogenated alkanes) is 6. The number of benzene rings is 1. The number of phenols is 1. The molecule has 1 rings (SSSR count). The van der Waals surface area contributed by atoms with Crippen LogP contribution in [0.1, 0.15) is 57.4 Å². The van der Waals surface area contributed by atoms with Crippen LogP contribution in [0.5, 0.6) is 5.75 Å². The average molecular weight is 235 g/mol. The van der Waals surface area contributed by atoms with Gasteiger partial charge in [-0.15, -0.1) is 0 Å². The van der Waals surface area contributed by atoms with Crippen molar-refractivity contribution in [2.75, 3.05) is 5.73 Å². The maximum atomic E-state index is 9.68. The molecule has 0 aliphatic carbocycles. The van der Waals surface area contributed by atoms with Gasteiger partial charge in [-0.2, -0.15) is 0 Å². The number of rotatable bonds is 8. The molecule has 0 bridgehead atoms. The third-order valence-corrected chi connectivity index (χ3v) is 3.22. The van der Waals surface area contributed by atoms with Crippen molar-refractivity contribution in [3.63, 3.8) is 0 Å². The van der Waals surface area contributed by atoms with Crippen molar-refractivity contribution >= 4 is 5.69 Å². The Morgan fingerprint density at radius 2 is 1.65 bits per heavy atom. The first-order valence-electron chi connectivity index (χ1n) is 6.82. The largest absolute Gasteiger partial charge is 0.508 e. The Balaban J connectivity index is 2.18. The van der Waals surface area contributed by atoms with Crippen molar-refractivity contribution in [1.29, 1.82) is 0 Å². The molecule has 1 aromatic carbocycles. The van der Waals surface area contributed by atoms with E-state index in [9.17, 15) is 5.11 Å². The molecule has 0 fully saturated rings. The minimum Gasteiger partial charge on any atom is -0.508 e. The molecule has 0 amide bonds. The van der Waals surface area contributed by atoms with Gasteiger partial charge in [0.05, 0.1) is 0 Å². The average Bonchev–Trinajstić information content (AvgIpc) is 2.31. The van der Waals surface area contributed by atoms with Gasteiger partial charge in [-0.3, -0.25) is 0 Å². The highest BCUT2D eigenvalue weighted by atomic mass is 16.3. The summed E-state index contributed by atoms with van der Waals surface area (Å²) in [5, 5.41) is 9.68. The van der Waals surface area contributed by atoms with Crippen LogP contribution in [-0.4, -0.2) is 5.11 Å². The van der Waals surface area contributed by atoms with Gasteiger partial charge < -0.3 is 10.8 Å². The normalized spacial score (nSPS) is 10.6. The second-order valence-corrected chi connectivity index (χ2v) is 4.72. The Kier molecular flexibility index (Phi) is 6.53. The summed E-state index contributed by atoms with van der Waals surface area (Å²) >= 11 is 0. The van der Waals surface area contributed by atoms with Gasteiger partial charge in [0.1, 0.15) is 5.75 Å². The number of phenolic OH excluding ortho intramolecular Hbond substituents is 1. The Morgan fingerprint density at radius 3 is 2.29 bits per heavy atom. The van der Waals surface area contributed by atoms with E-state index >= 15 is 0 Å². The van der Waals surface area contributed by atoms with Gasteiger partial charge >= 0.3 is 0 Å². The lowest BCUT2D eigenvalue weighted by Crippen LogP contribution is -1.95. The van der Waals surface area contributed by atoms with Gasteiger partial charge in [-0.05, 0) is 25.0 Å². The van der Waals surface area contributed by atoms with Crippen LogP contribution in [0, 0.1) is 0 Å². The van der Waals surface area contributed by atoms with E-state index in [1.165, 1.54) is 38.5 Å². The number of anilines is 1. The van der Waals surface area contributed by atoms with E-state index < -0.39 is 0 Å². The number of nitrogens with two attached hydrogens (primary N) is 1. The van der Waals surface area contributed by atoms with E-state index in [1.54, 1.807) is 12.1 Å². The predicted molar refractivity (Wildman–Crippen MR) is 74.2 cm³/mol. The van der Waals surface area contributed by atoms with Crippen molar-refractivity contribution in [3.8, 4) is 5.75 Å². The zero-order chi connectivity index (χ0) is 12.5. The Hall–Kier alpha value is -1.18. The molecule has 17 heavy (non-hydrogen) atoms. The zero-order valence-corrected chi connectivity index (χ0v) is 10.9. The summed E-state index contributed by atoms with van der Waals surface area (Å²) in [7, 11) is 0. The summed E-state index contributed by atoms with van der Waals surface area (Å²) in [6.45, 7) is 2.24. The zero-order valence-electron chi connectivity index (χ0n) is 10.9. The van der Waals surface area contributed by atoms with Crippen LogP contribution in [0.15, 0.2) is 18.2 Å².